The topological polar surface area (TPSA) is 15.3 Å². The summed E-state index contributed by atoms with van der Waals surface area (Å²) in [6.45, 7) is 3.52. The molecular formula is C20H25ClN2. The van der Waals surface area contributed by atoms with Gasteiger partial charge in [0.15, 0.2) is 0 Å². The van der Waals surface area contributed by atoms with Crippen molar-refractivity contribution in [2.75, 3.05) is 26.7 Å². The molecule has 0 aromatic heterocycles. The number of hydrogen-bond acceptors (Lipinski definition) is 2. The smallest absolute Gasteiger partial charge is 0.0611 e. The lowest BCUT2D eigenvalue weighted by molar-refractivity contribution is 0.212. The molecule has 1 heterocycles. The number of piperidine rings is 1. The summed E-state index contributed by atoms with van der Waals surface area (Å²) in [5.41, 5.74) is 5.76. The minimum absolute atomic E-state index is 0. The molecule has 23 heavy (non-hydrogen) atoms. The van der Waals surface area contributed by atoms with Gasteiger partial charge >= 0.3 is 0 Å². The van der Waals surface area contributed by atoms with Crippen LogP contribution in [0.25, 0.3) is 11.1 Å². The first kappa shape index (κ1) is 16.5. The van der Waals surface area contributed by atoms with Crippen LogP contribution in [0.5, 0.6) is 0 Å². The highest BCUT2D eigenvalue weighted by atomic mass is 35.5. The van der Waals surface area contributed by atoms with Gasteiger partial charge in [-0.25, -0.2) is 0 Å². The lowest BCUT2D eigenvalue weighted by atomic mass is 9.97. The first-order valence-corrected chi connectivity index (χ1v) is 8.44. The van der Waals surface area contributed by atoms with Crippen molar-refractivity contribution in [2.45, 2.75) is 18.9 Å². The molecule has 122 valence electrons. The van der Waals surface area contributed by atoms with Gasteiger partial charge in [-0.1, -0.05) is 48.5 Å². The third kappa shape index (κ3) is 3.03. The fourth-order valence-electron chi connectivity index (χ4n) is 4.20. The molecule has 2 aromatic carbocycles. The van der Waals surface area contributed by atoms with E-state index in [-0.39, 0.29) is 12.4 Å². The van der Waals surface area contributed by atoms with E-state index in [9.17, 15) is 0 Å². The van der Waals surface area contributed by atoms with E-state index in [0.29, 0.717) is 6.04 Å². The Kier molecular flexibility index (Phi) is 5.05. The van der Waals surface area contributed by atoms with E-state index < -0.39 is 0 Å². The lowest BCUT2D eigenvalue weighted by Crippen LogP contribution is -2.38. The molecule has 0 saturated carbocycles. The molecule has 2 aromatic rings. The summed E-state index contributed by atoms with van der Waals surface area (Å²) >= 11 is 0. The highest BCUT2D eigenvalue weighted by molar-refractivity contribution is 5.85. The second kappa shape index (κ2) is 7.04. The van der Waals surface area contributed by atoms with E-state index in [1.54, 1.807) is 0 Å². The maximum absolute atomic E-state index is 3.54. The standard InChI is InChI=1S/C20H24N2.ClH/c1-22(14-15-7-6-12-21-13-15)20-18-10-4-2-8-16(18)17-9-3-5-11-19(17)20;/h2-5,8-11,15,20-21H,6-7,12-14H2,1H3;1H. The molecule has 1 fully saturated rings. The van der Waals surface area contributed by atoms with E-state index in [1.165, 1.54) is 54.7 Å². The fraction of sp³-hybridized carbons (Fsp3) is 0.400. The van der Waals surface area contributed by atoms with Crippen molar-refractivity contribution in [1.82, 2.24) is 10.2 Å². The second-order valence-corrected chi connectivity index (χ2v) is 6.73. The zero-order chi connectivity index (χ0) is 14.9. The molecular weight excluding hydrogens is 304 g/mol. The van der Waals surface area contributed by atoms with Crippen LogP contribution in [-0.2, 0) is 0 Å². The van der Waals surface area contributed by atoms with Gasteiger partial charge in [0, 0.05) is 6.54 Å². The van der Waals surface area contributed by atoms with Gasteiger partial charge in [-0.2, -0.15) is 0 Å². The van der Waals surface area contributed by atoms with Gasteiger partial charge in [-0.15, -0.1) is 12.4 Å². The van der Waals surface area contributed by atoms with Crippen LogP contribution in [0.4, 0.5) is 0 Å². The van der Waals surface area contributed by atoms with Gasteiger partial charge in [0.25, 0.3) is 0 Å². The van der Waals surface area contributed by atoms with Gasteiger partial charge in [0.2, 0.25) is 0 Å². The Bertz CT molecular complexity index is 619. The van der Waals surface area contributed by atoms with Crippen molar-refractivity contribution in [1.29, 1.82) is 0 Å². The van der Waals surface area contributed by atoms with Crippen LogP contribution >= 0.6 is 12.4 Å². The molecule has 1 N–H and O–H groups in total. The Morgan fingerprint density at radius 3 is 2.17 bits per heavy atom. The van der Waals surface area contributed by atoms with Gasteiger partial charge in [0.05, 0.1) is 6.04 Å². The number of fused-ring (bicyclic) bond motifs is 3. The van der Waals surface area contributed by atoms with Crippen molar-refractivity contribution in [3.63, 3.8) is 0 Å². The lowest BCUT2D eigenvalue weighted by Gasteiger charge is -2.32. The summed E-state index contributed by atoms with van der Waals surface area (Å²) in [6, 6.07) is 18.2. The van der Waals surface area contributed by atoms with Crippen molar-refractivity contribution in [3.8, 4) is 11.1 Å². The molecule has 1 aliphatic heterocycles. The molecule has 1 unspecified atom stereocenters. The average molecular weight is 329 g/mol. The van der Waals surface area contributed by atoms with Gasteiger partial charge in [-0.05, 0) is 61.2 Å². The molecule has 1 aliphatic carbocycles. The highest BCUT2D eigenvalue weighted by Gasteiger charge is 2.31. The highest BCUT2D eigenvalue weighted by Crippen LogP contribution is 2.45. The third-order valence-corrected chi connectivity index (χ3v) is 5.19. The van der Waals surface area contributed by atoms with Crippen LogP contribution in [-0.4, -0.2) is 31.6 Å². The summed E-state index contributed by atoms with van der Waals surface area (Å²) in [4.78, 5) is 2.56. The maximum Gasteiger partial charge on any atom is 0.0611 e. The number of rotatable bonds is 3. The summed E-state index contributed by atoms with van der Waals surface area (Å²) < 4.78 is 0. The molecule has 1 saturated heterocycles. The summed E-state index contributed by atoms with van der Waals surface area (Å²) in [6.07, 6.45) is 2.67. The molecule has 2 nitrogen and oxygen atoms in total. The number of nitrogens with zero attached hydrogens (tertiary/aromatic N) is 1. The van der Waals surface area contributed by atoms with E-state index >= 15 is 0 Å². The normalized spacial score (nSPS) is 20.0. The summed E-state index contributed by atoms with van der Waals surface area (Å²) in [7, 11) is 2.29. The largest absolute Gasteiger partial charge is 0.316 e. The summed E-state index contributed by atoms with van der Waals surface area (Å²) in [5.74, 6) is 0.777. The molecule has 0 radical (unpaired) electrons. The molecule has 1 atom stereocenters. The van der Waals surface area contributed by atoms with E-state index in [1.807, 2.05) is 0 Å². The number of benzene rings is 2. The molecule has 0 spiro atoms. The SMILES string of the molecule is CN(CC1CCCNC1)C1c2ccccc2-c2ccccc21.Cl. The number of nitrogens with one attached hydrogen (secondary N) is 1. The first-order valence-electron chi connectivity index (χ1n) is 8.44. The first-order chi connectivity index (χ1) is 10.8. The molecule has 0 amide bonds. The Morgan fingerprint density at radius 2 is 1.61 bits per heavy atom. The predicted octanol–water partition coefficient (Wildman–Crippen LogP) is 4.11. The van der Waals surface area contributed by atoms with Crippen LogP contribution in [0.1, 0.15) is 30.0 Å². The van der Waals surface area contributed by atoms with Crippen LogP contribution in [0.15, 0.2) is 48.5 Å². The Labute approximate surface area is 145 Å². The third-order valence-electron chi connectivity index (χ3n) is 5.19. The maximum atomic E-state index is 3.54. The molecule has 2 aliphatic rings. The van der Waals surface area contributed by atoms with Crippen molar-refractivity contribution in [2.24, 2.45) is 5.92 Å². The van der Waals surface area contributed by atoms with Gasteiger partial charge < -0.3 is 5.32 Å². The van der Waals surface area contributed by atoms with Crippen LogP contribution in [0, 0.1) is 5.92 Å². The molecule has 3 heteroatoms. The minimum Gasteiger partial charge on any atom is -0.316 e. The Morgan fingerprint density at radius 1 is 1.00 bits per heavy atom. The van der Waals surface area contributed by atoms with E-state index in [2.05, 4.69) is 65.8 Å². The van der Waals surface area contributed by atoms with Crippen molar-refractivity contribution in [3.05, 3.63) is 59.7 Å². The Hall–Kier alpha value is -1.35. The van der Waals surface area contributed by atoms with E-state index in [0.717, 1.165) is 5.92 Å². The van der Waals surface area contributed by atoms with Crippen LogP contribution < -0.4 is 5.32 Å². The van der Waals surface area contributed by atoms with Gasteiger partial charge in [0.1, 0.15) is 0 Å². The Balaban J connectivity index is 0.00000156. The zero-order valence-electron chi connectivity index (χ0n) is 13.7. The summed E-state index contributed by atoms with van der Waals surface area (Å²) in [5, 5.41) is 3.54. The van der Waals surface area contributed by atoms with Crippen LogP contribution in [0.3, 0.4) is 0 Å². The predicted molar refractivity (Wildman–Crippen MR) is 99.2 cm³/mol. The van der Waals surface area contributed by atoms with Crippen LogP contribution in [0.2, 0.25) is 0 Å². The van der Waals surface area contributed by atoms with Crippen molar-refractivity contribution < 1.29 is 0 Å². The molecule has 0 bridgehead atoms. The quantitative estimate of drug-likeness (QED) is 0.912. The van der Waals surface area contributed by atoms with Crippen molar-refractivity contribution >= 4 is 12.4 Å². The monoisotopic (exact) mass is 328 g/mol. The zero-order valence-corrected chi connectivity index (χ0v) is 14.5. The number of hydrogen-bond donors (Lipinski definition) is 1. The molecule has 4 rings (SSSR count). The minimum atomic E-state index is 0. The second-order valence-electron chi connectivity index (χ2n) is 6.73. The average Bonchev–Trinajstić information content (AvgIpc) is 2.90. The van der Waals surface area contributed by atoms with E-state index in [4.69, 9.17) is 0 Å². The number of halogens is 1. The fourth-order valence-corrected chi connectivity index (χ4v) is 4.20. The van der Waals surface area contributed by atoms with Gasteiger partial charge in [-0.3, -0.25) is 4.90 Å².